The second-order valence-electron chi connectivity index (χ2n) is 8.02. The minimum absolute atomic E-state index is 0.678. The van der Waals surface area contributed by atoms with Crippen molar-refractivity contribution in [2.24, 2.45) is 0 Å². The minimum atomic E-state index is 0.678. The molecule has 6 rings (SSSR count). The van der Waals surface area contributed by atoms with Crippen LogP contribution in [-0.2, 0) is 22.3 Å². The van der Waals surface area contributed by atoms with Crippen LogP contribution < -0.4 is 0 Å². The molecule has 0 fully saturated rings. The molecule has 0 spiro atoms. The summed E-state index contributed by atoms with van der Waals surface area (Å²) >= 11 is 1.63. The lowest BCUT2D eigenvalue weighted by Gasteiger charge is -2.18. The Morgan fingerprint density at radius 1 is 0.812 bits per heavy atom. The molecule has 2 heterocycles. The zero-order valence-corrected chi connectivity index (χ0v) is 18.9. The molecule has 0 radical (unpaired) electrons. The standard InChI is InChI=1S/C18H16.C11H10O2S/c1-3-7-15-13(5-1)9-11-18-16-8-4-2-6-14(16)10-12-17(15)18;1-2-4-9-11(13-7-6-12-9)10-5-3-8-14-10/h1,3,5,7,9-12H,2,4,6,8H2;2-3,5-8H,1,4H2. The van der Waals surface area contributed by atoms with Crippen molar-refractivity contribution < 1.29 is 9.47 Å². The molecule has 0 amide bonds. The Bertz CT molecular complexity index is 1310. The summed E-state index contributed by atoms with van der Waals surface area (Å²) in [7, 11) is 0. The number of fused-ring (bicyclic) bond motifs is 5. The fourth-order valence-corrected chi connectivity index (χ4v) is 5.27. The Kier molecular flexibility index (Phi) is 6.09. The van der Waals surface area contributed by atoms with Gasteiger partial charge in [0.2, 0.25) is 0 Å². The molecule has 0 atom stereocenters. The van der Waals surface area contributed by atoms with Crippen molar-refractivity contribution in [3.8, 4) is 0 Å². The summed E-state index contributed by atoms with van der Waals surface area (Å²) in [5.74, 6) is 1.60. The zero-order chi connectivity index (χ0) is 21.8. The van der Waals surface area contributed by atoms with Crippen LogP contribution in [0.4, 0.5) is 0 Å². The van der Waals surface area contributed by atoms with E-state index in [1.807, 2.05) is 17.5 Å². The van der Waals surface area contributed by atoms with Gasteiger partial charge in [-0.25, -0.2) is 0 Å². The highest BCUT2D eigenvalue weighted by Gasteiger charge is 2.15. The van der Waals surface area contributed by atoms with Crippen molar-refractivity contribution in [1.29, 1.82) is 0 Å². The van der Waals surface area contributed by atoms with Crippen molar-refractivity contribution in [3.63, 3.8) is 0 Å². The molecule has 0 unspecified atom stereocenters. The van der Waals surface area contributed by atoms with Gasteiger partial charge in [-0.2, -0.15) is 0 Å². The largest absolute Gasteiger partial charge is 0.462 e. The first-order valence-electron chi connectivity index (χ1n) is 11.1. The van der Waals surface area contributed by atoms with E-state index in [4.69, 9.17) is 9.47 Å². The Balaban J connectivity index is 0.000000140. The van der Waals surface area contributed by atoms with Crippen LogP contribution in [0.15, 0.2) is 97.0 Å². The quantitative estimate of drug-likeness (QED) is 0.236. The van der Waals surface area contributed by atoms with Crippen LogP contribution in [0.3, 0.4) is 0 Å². The van der Waals surface area contributed by atoms with E-state index in [1.165, 1.54) is 53.5 Å². The van der Waals surface area contributed by atoms with Gasteiger partial charge in [0.1, 0.15) is 12.5 Å². The molecule has 0 saturated heterocycles. The zero-order valence-electron chi connectivity index (χ0n) is 18.1. The van der Waals surface area contributed by atoms with Crippen molar-refractivity contribution in [3.05, 3.63) is 113 Å². The van der Waals surface area contributed by atoms with E-state index in [0.29, 0.717) is 6.42 Å². The summed E-state index contributed by atoms with van der Waals surface area (Å²) in [5.41, 5.74) is 3.17. The first kappa shape index (κ1) is 20.6. The summed E-state index contributed by atoms with van der Waals surface area (Å²) in [6.07, 6.45) is 10.8. The Labute approximate surface area is 193 Å². The average Bonchev–Trinajstić information content (AvgIpc) is 3.39. The van der Waals surface area contributed by atoms with Gasteiger partial charge in [-0.15, -0.1) is 17.9 Å². The topological polar surface area (TPSA) is 18.5 Å². The molecule has 160 valence electrons. The maximum absolute atomic E-state index is 5.42. The highest BCUT2D eigenvalue weighted by Crippen LogP contribution is 2.33. The first-order chi connectivity index (χ1) is 15.8. The maximum Gasteiger partial charge on any atom is 0.182 e. The van der Waals surface area contributed by atoms with Gasteiger partial charge in [0.15, 0.2) is 11.5 Å². The molecule has 2 nitrogen and oxygen atoms in total. The number of ether oxygens (including phenoxy) is 2. The number of thiophene rings is 1. The monoisotopic (exact) mass is 438 g/mol. The Hall–Kier alpha value is -3.30. The average molecular weight is 439 g/mol. The number of hydrogen-bond acceptors (Lipinski definition) is 3. The highest BCUT2D eigenvalue weighted by molar-refractivity contribution is 7.11. The predicted octanol–water partition coefficient (Wildman–Crippen LogP) is 8.38. The van der Waals surface area contributed by atoms with Crippen molar-refractivity contribution in [2.45, 2.75) is 32.1 Å². The van der Waals surface area contributed by atoms with Crippen molar-refractivity contribution in [1.82, 2.24) is 0 Å². The molecule has 4 aromatic rings. The third-order valence-electron chi connectivity index (χ3n) is 6.04. The van der Waals surface area contributed by atoms with Crippen molar-refractivity contribution >= 4 is 38.6 Å². The van der Waals surface area contributed by atoms with Gasteiger partial charge in [-0.05, 0) is 69.8 Å². The second-order valence-corrected chi connectivity index (χ2v) is 8.97. The van der Waals surface area contributed by atoms with E-state index >= 15 is 0 Å². The minimum Gasteiger partial charge on any atom is -0.462 e. The molecule has 3 aromatic carbocycles. The molecular formula is C29H26O2S. The lowest BCUT2D eigenvalue weighted by molar-refractivity contribution is 0.272. The number of allylic oxidation sites excluding steroid dienone is 1. The number of rotatable bonds is 3. The number of aryl methyl sites for hydroxylation is 2. The van der Waals surface area contributed by atoms with Gasteiger partial charge in [-0.3, -0.25) is 0 Å². The summed E-state index contributed by atoms with van der Waals surface area (Å²) in [5, 5.41) is 7.65. The van der Waals surface area contributed by atoms with E-state index < -0.39 is 0 Å². The van der Waals surface area contributed by atoms with Gasteiger partial charge < -0.3 is 9.47 Å². The predicted molar refractivity (Wildman–Crippen MR) is 135 cm³/mol. The Morgan fingerprint density at radius 2 is 1.66 bits per heavy atom. The fraction of sp³-hybridized carbons (Fsp3) is 0.172. The first-order valence-corrected chi connectivity index (χ1v) is 12.0. The van der Waals surface area contributed by atoms with Crippen LogP contribution in [0.25, 0.3) is 27.3 Å². The highest BCUT2D eigenvalue weighted by atomic mass is 32.1. The third kappa shape index (κ3) is 4.09. The van der Waals surface area contributed by atoms with Crippen molar-refractivity contribution in [2.75, 3.05) is 0 Å². The Morgan fingerprint density at radius 3 is 2.53 bits per heavy atom. The summed E-state index contributed by atoms with van der Waals surface area (Å²) in [4.78, 5) is 1.08. The molecule has 1 aliphatic heterocycles. The summed E-state index contributed by atoms with van der Waals surface area (Å²) < 4.78 is 10.8. The van der Waals surface area contributed by atoms with E-state index in [9.17, 15) is 0 Å². The third-order valence-corrected chi connectivity index (χ3v) is 6.91. The fourth-order valence-electron chi connectivity index (χ4n) is 4.54. The molecular weight excluding hydrogens is 412 g/mol. The smallest absolute Gasteiger partial charge is 0.182 e. The normalized spacial score (nSPS) is 14.9. The van der Waals surface area contributed by atoms with Crippen LogP contribution in [0.5, 0.6) is 0 Å². The van der Waals surface area contributed by atoms with E-state index in [0.717, 1.165) is 16.4 Å². The van der Waals surface area contributed by atoms with Gasteiger partial charge in [0, 0.05) is 6.42 Å². The van der Waals surface area contributed by atoms with E-state index in [-0.39, 0.29) is 0 Å². The number of hydrogen-bond donors (Lipinski definition) is 0. The molecule has 0 N–H and O–H groups in total. The molecule has 1 aromatic heterocycles. The molecule has 1 aliphatic carbocycles. The van der Waals surface area contributed by atoms with Crippen LogP contribution in [0.2, 0.25) is 0 Å². The molecule has 2 aliphatic rings. The van der Waals surface area contributed by atoms with Crippen LogP contribution >= 0.6 is 11.3 Å². The summed E-state index contributed by atoms with van der Waals surface area (Å²) in [6, 6.07) is 22.0. The van der Waals surface area contributed by atoms with Crippen LogP contribution in [0, 0.1) is 0 Å². The van der Waals surface area contributed by atoms with Crippen LogP contribution in [0.1, 0.15) is 35.3 Å². The molecule has 0 saturated carbocycles. The molecule has 32 heavy (non-hydrogen) atoms. The number of benzene rings is 3. The second kappa shape index (κ2) is 9.46. The van der Waals surface area contributed by atoms with Gasteiger partial charge >= 0.3 is 0 Å². The summed E-state index contributed by atoms with van der Waals surface area (Å²) in [6.45, 7) is 3.68. The lowest BCUT2D eigenvalue weighted by Crippen LogP contribution is -2.02. The van der Waals surface area contributed by atoms with Gasteiger partial charge in [0.05, 0.1) is 4.88 Å². The van der Waals surface area contributed by atoms with E-state index in [1.54, 1.807) is 34.8 Å². The van der Waals surface area contributed by atoms with Gasteiger partial charge in [0.25, 0.3) is 0 Å². The molecule has 3 heteroatoms. The maximum atomic E-state index is 5.42. The lowest BCUT2D eigenvalue weighted by atomic mass is 9.86. The SMILES string of the molecule is C=CCC1=C(c2cccs2)OC=CO1.c1ccc2c(c1)ccc1c3c(ccc12)CCCC3. The molecule has 0 bridgehead atoms. The van der Waals surface area contributed by atoms with Gasteiger partial charge in [-0.1, -0.05) is 60.7 Å². The van der Waals surface area contributed by atoms with E-state index in [2.05, 4.69) is 55.1 Å². The van der Waals surface area contributed by atoms with Crippen LogP contribution in [-0.4, -0.2) is 0 Å².